The Bertz CT molecular complexity index is 334. The predicted octanol–water partition coefficient (Wildman–Crippen LogP) is 6.03. The molecule has 19 heavy (non-hydrogen) atoms. The Hall–Kier alpha value is -0.760. The number of hydrogen-bond acceptors (Lipinski definition) is 1. The highest BCUT2D eigenvalue weighted by Crippen LogP contribution is 2.24. The van der Waals surface area contributed by atoms with Gasteiger partial charge in [-0.3, -0.25) is 0 Å². The van der Waals surface area contributed by atoms with Crippen molar-refractivity contribution < 1.29 is 4.39 Å². The third kappa shape index (κ3) is 6.81. The minimum atomic E-state index is -0.271. The fourth-order valence-electron chi connectivity index (χ4n) is 2.14. The lowest BCUT2D eigenvalue weighted by molar-refractivity contribution is 0.580. The van der Waals surface area contributed by atoms with Crippen molar-refractivity contribution in [2.45, 2.75) is 58.3 Å². The first kappa shape index (κ1) is 16.3. The standard InChI is InChI=1S/C16H25ClFN/c1-2-3-4-5-6-7-8-9-13-19-16-14(17)11-10-12-15(16)18/h10-12,19H,2-9,13H2,1H3. The normalized spacial score (nSPS) is 10.7. The summed E-state index contributed by atoms with van der Waals surface area (Å²) in [7, 11) is 0. The van der Waals surface area contributed by atoms with Gasteiger partial charge in [-0.15, -0.1) is 0 Å². The van der Waals surface area contributed by atoms with Gasteiger partial charge >= 0.3 is 0 Å². The van der Waals surface area contributed by atoms with E-state index in [1.54, 1.807) is 12.1 Å². The topological polar surface area (TPSA) is 12.0 Å². The second-order valence-corrected chi connectivity index (χ2v) is 5.41. The Kier molecular flexibility index (Phi) is 8.64. The molecule has 1 aromatic carbocycles. The van der Waals surface area contributed by atoms with Gasteiger partial charge in [-0.2, -0.15) is 0 Å². The molecule has 0 radical (unpaired) electrons. The Morgan fingerprint density at radius 2 is 1.63 bits per heavy atom. The van der Waals surface area contributed by atoms with Gasteiger partial charge in [0.15, 0.2) is 0 Å². The highest BCUT2D eigenvalue weighted by molar-refractivity contribution is 6.33. The van der Waals surface area contributed by atoms with Crippen molar-refractivity contribution >= 4 is 17.3 Å². The molecule has 0 saturated carbocycles. The maximum Gasteiger partial charge on any atom is 0.147 e. The van der Waals surface area contributed by atoms with Crippen LogP contribution in [0.25, 0.3) is 0 Å². The summed E-state index contributed by atoms with van der Waals surface area (Å²) in [6, 6.07) is 4.77. The first-order valence-electron chi connectivity index (χ1n) is 7.43. The summed E-state index contributed by atoms with van der Waals surface area (Å²) >= 11 is 5.94. The Morgan fingerprint density at radius 3 is 2.26 bits per heavy atom. The van der Waals surface area contributed by atoms with E-state index >= 15 is 0 Å². The zero-order valence-electron chi connectivity index (χ0n) is 11.9. The highest BCUT2D eigenvalue weighted by atomic mass is 35.5. The predicted molar refractivity (Wildman–Crippen MR) is 82.5 cm³/mol. The summed E-state index contributed by atoms with van der Waals surface area (Å²) < 4.78 is 13.5. The molecule has 0 aliphatic heterocycles. The molecule has 1 rings (SSSR count). The fourth-order valence-corrected chi connectivity index (χ4v) is 2.37. The summed E-state index contributed by atoms with van der Waals surface area (Å²) in [5, 5.41) is 3.54. The smallest absolute Gasteiger partial charge is 0.147 e. The molecule has 0 unspecified atom stereocenters. The molecule has 0 atom stereocenters. The van der Waals surface area contributed by atoms with E-state index in [4.69, 9.17) is 11.6 Å². The number of para-hydroxylation sites is 1. The summed E-state index contributed by atoms with van der Waals surface area (Å²) in [5.74, 6) is -0.271. The van der Waals surface area contributed by atoms with Crippen LogP contribution in [-0.2, 0) is 0 Å². The average Bonchev–Trinajstić information content (AvgIpc) is 2.40. The molecule has 0 bridgehead atoms. The number of halogens is 2. The van der Waals surface area contributed by atoms with Crippen LogP contribution in [-0.4, -0.2) is 6.54 Å². The first-order valence-corrected chi connectivity index (χ1v) is 7.81. The van der Waals surface area contributed by atoms with E-state index in [9.17, 15) is 4.39 Å². The van der Waals surface area contributed by atoms with E-state index in [-0.39, 0.29) is 5.82 Å². The van der Waals surface area contributed by atoms with Gasteiger partial charge < -0.3 is 5.32 Å². The fraction of sp³-hybridized carbons (Fsp3) is 0.625. The molecule has 0 saturated heterocycles. The molecule has 1 aromatic rings. The van der Waals surface area contributed by atoms with Crippen LogP contribution in [0, 0.1) is 5.82 Å². The van der Waals surface area contributed by atoms with Gasteiger partial charge in [0.25, 0.3) is 0 Å². The van der Waals surface area contributed by atoms with Crippen molar-refractivity contribution in [3.05, 3.63) is 29.0 Å². The number of nitrogens with one attached hydrogen (secondary N) is 1. The molecule has 108 valence electrons. The maximum absolute atomic E-state index is 13.5. The molecule has 0 heterocycles. The van der Waals surface area contributed by atoms with Gasteiger partial charge in [-0.25, -0.2) is 4.39 Å². The molecule has 0 amide bonds. The summed E-state index contributed by atoms with van der Waals surface area (Å²) in [5.41, 5.74) is 0.437. The lowest BCUT2D eigenvalue weighted by Gasteiger charge is -2.09. The van der Waals surface area contributed by atoms with Crippen LogP contribution in [0.5, 0.6) is 0 Å². The molecule has 0 aliphatic rings. The summed E-state index contributed by atoms with van der Waals surface area (Å²) in [4.78, 5) is 0. The molecule has 0 spiro atoms. The average molecular weight is 286 g/mol. The van der Waals surface area contributed by atoms with Gasteiger partial charge in [-0.1, -0.05) is 69.5 Å². The number of anilines is 1. The zero-order valence-corrected chi connectivity index (χ0v) is 12.6. The molecule has 3 heteroatoms. The second kappa shape index (κ2) is 10.1. The highest BCUT2D eigenvalue weighted by Gasteiger charge is 2.04. The number of unbranched alkanes of at least 4 members (excludes halogenated alkanes) is 7. The van der Waals surface area contributed by atoms with Crippen LogP contribution >= 0.6 is 11.6 Å². The Balaban J connectivity index is 2.05. The molecular weight excluding hydrogens is 261 g/mol. The van der Waals surface area contributed by atoms with Gasteiger partial charge in [0.05, 0.1) is 10.7 Å². The Labute approximate surface area is 121 Å². The number of rotatable bonds is 10. The monoisotopic (exact) mass is 285 g/mol. The Morgan fingerprint density at radius 1 is 1.00 bits per heavy atom. The van der Waals surface area contributed by atoms with Crippen molar-refractivity contribution in [3.63, 3.8) is 0 Å². The van der Waals surface area contributed by atoms with Crippen LogP contribution < -0.4 is 5.32 Å². The van der Waals surface area contributed by atoms with E-state index in [2.05, 4.69) is 12.2 Å². The summed E-state index contributed by atoms with van der Waals surface area (Å²) in [6.07, 6.45) is 10.2. The van der Waals surface area contributed by atoms with Crippen LogP contribution in [0.3, 0.4) is 0 Å². The number of hydrogen-bond donors (Lipinski definition) is 1. The lowest BCUT2D eigenvalue weighted by atomic mass is 10.1. The van der Waals surface area contributed by atoms with Crippen LogP contribution in [0.2, 0.25) is 5.02 Å². The summed E-state index contributed by atoms with van der Waals surface area (Å²) in [6.45, 7) is 3.02. The minimum absolute atomic E-state index is 0.271. The second-order valence-electron chi connectivity index (χ2n) is 5.00. The third-order valence-corrected chi connectivity index (χ3v) is 3.61. The lowest BCUT2D eigenvalue weighted by Crippen LogP contribution is -2.03. The SMILES string of the molecule is CCCCCCCCCCNc1c(F)cccc1Cl. The molecule has 0 aromatic heterocycles. The van der Waals surface area contributed by atoms with Crippen molar-refractivity contribution in [2.24, 2.45) is 0 Å². The molecule has 1 nitrogen and oxygen atoms in total. The molecule has 1 N–H and O–H groups in total. The number of benzene rings is 1. The van der Waals surface area contributed by atoms with E-state index in [0.717, 1.165) is 13.0 Å². The maximum atomic E-state index is 13.5. The quantitative estimate of drug-likeness (QED) is 0.517. The van der Waals surface area contributed by atoms with Crippen molar-refractivity contribution in [2.75, 3.05) is 11.9 Å². The van der Waals surface area contributed by atoms with Crippen LogP contribution in [0.15, 0.2) is 18.2 Å². The minimum Gasteiger partial charge on any atom is -0.381 e. The van der Waals surface area contributed by atoms with Gasteiger partial charge in [-0.05, 0) is 18.6 Å². The van der Waals surface area contributed by atoms with E-state index in [1.807, 2.05) is 0 Å². The van der Waals surface area contributed by atoms with Crippen molar-refractivity contribution in [1.29, 1.82) is 0 Å². The van der Waals surface area contributed by atoms with Gasteiger partial charge in [0, 0.05) is 6.54 Å². The van der Waals surface area contributed by atoms with Gasteiger partial charge in [0.1, 0.15) is 5.82 Å². The van der Waals surface area contributed by atoms with E-state index in [1.165, 1.54) is 51.0 Å². The van der Waals surface area contributed by atoms with Gasteiger partial charge in [0.2, 0.25) is 0 Å². The van der Waals surface area contributed by atoms with E-state index < -0.39 is 0 Å². The zero-order chi connectivity index (χ0) is 13.9. The largest absolute Gasteiger partial charge is 0.381 e. The van der Waals surface area contributed by atoms with Crippen molar-refractivity contribution in [1.82, 2.24) is 0 Å². The van der Waals surface area contributed by atoms with Crippen LogP contribution in [0.4, 0.5) is 10.1 Å². The first-order chi connectivity index (χ1) is 9.25. The third-order valence-electron chi connectivity index (χ3n) is 3.29. The van der Waals surface area contributed by atoms with Crippen LogP contribution in [0.1, 0.15) is 58.3 Å². The molecule has 0 aliphatic carbocycles. The molecular formula is C16H25ClFN. The van der Waals surface area contributed by atoms with E-state index in [0.29, 0.717) is 10.7 Å². The van der Waals surface area contributed by atoms with Crippen molar-refractivity contribution in [3.8, 4) is 0 Å². The molecule has 0 fully saturated rings.